The van der Waals surface area contributed by atoms with Gasteiger partial charge >= 0.3 is 0 Å². The predicted octanol–water partition coefficient (Wildman–Crippen LogP) is 1.62. The van der Waals surface area contributed by atoms with E-state index < -0.39 is 0 Å². The van der Waals surface area contributed by atoms with Gasteiger partial charge in [-0.05, 0) is 18.3 Å². The normalized spacial score (nSPS) is 26.8. The van der Waals surface area contributed by atoms with Crippen molar-refractivity contribution < 1.29 is 4.79 Å². The third-order valence-corrected chi connectivity index (χ3v) is 1.82. The summed E-state index contributed by atoms with van der Waals surface area (Å²) in [7, 11) is 0. The number of rotatable bonds is 1. The smallest absolute Gasteiger partial charge is 0.123 e. The van der Waals surface area contributed by atoms with Crippen LogP contribution in [0.3, 0.4) is 0 Å². The van der Waals surface area contributed by atoms with Gasteiger partial charge in [0.1, 0.15) is 6.29 Å². The Morgan fingerprint density at radius 2 is 2.00 bits per heavy atom. The molecule has 0 bridgehead atoms. The van der Waals surface area contributed by atoms with Crippen molar-refractivity contribution >= 4 is 6.29 Å². The van der Waals surface area contributed by atoms with Crippen LogP contribution >= 0.6 is 0 Å². The quantitative estimate of drug-likeness (QED) is 0.471. The maximum Gasteiger partial charge on any atom is 0.123 e. The van der Waals surface area contributed by atoms with Crippen LogP contribution in [0, 0.1) is 11.3 Å². The fourth-order valence-electron chi connectivity index (χ4n) is 1.46. The molecular formula is C7H12O. The van der Waals surface area contributed by atoms with E-state index in [1.807, 2.05) is 0 Å². The SMILES string of the molecule is CC1(C)CC(C=O)C1. The topological polar surface area (TPSA) is 17.1 Å². The highest BCUT2D eigenvalue weighted by Gasteiger charge is 2.35. The summed E-state index contributed by atoms with van der Waals surface area (Å²) in [6, 6.07) is 0. The molecule has 1 aliphatic rings. The molecule has 0 atom stereocenters. The largest absolute Gasteiger partial charge is 0.303 e. The molecular weight excluding hydrogens is 100 g/mol. The van der Waals surface area contributed by atoms with Crippen LogP contribution in [0.4, 0.5) is 0 Å². The summed E-state index contributed by atoms with van der Waals surface area (Å²) in [4.78, 5) is 10.1. The van der Waals surface area contributed by atoms with Crippen LogP contribution in [-0.4, -0.2) is 6.29 Å². The first-order valence-electron chi connectivity index (χ1n) is 3.09. The lowest BCUT2D eigenvalue weighted by Crippen LogP contribution is -2.32. The molecule has 0 aromatic rings. The summed E-state index contributed by atoms with van der Waals surface area (Å²) in [5.41, 5.74) is 0.464. The molecule has 1 aliphatic carbocycles. The van der Waals surface area contributed by atoms with E-state index in [1.54, 1.807) is 0 Å². The van der Waals surface area contributed by atoms with Gasteiger partial charge in [0.05, 0.1) is 0 Å². The first kappa shape index (κ1) is 5.80. The molecule has 0 aromatic carbocycles. The summed E-state index contributed by atoms with van der Waals surface area (Å²) in [6.07, 6.45) is 3.26. The third kappa shape index (κ3) is 0.908. The van der Waals surface area contributed by atoms with Crippen LogP contribution in [0.2, 0.25) is 0 Å². The van der Waals surface area contributed by atoms with Gasteiger partial charge in [-0.25, -0.2) is 0 Å². The summed E-state index contributed by atoms with van der Waals surface area (Å²) in [6.45, 7) is 4.40. The molecule has 46 valence electrons. The van der Waals surface area contributed by atoms with Crippen molar-refractivity contribution in [2.75, 3.05) is 0 Å². The molecule has 1 saturated carbocycles. The average Bonchev–Trinajstić information content (AvgIpc) is 1.60. The predicted molar refractivity (Wildman–Crippen MR) is 32.6 cm³/mol. The van der Waals surface area contributed by atoms with Gasteiger partial charge in [-0.15, -0.1) is 0 Å². The number of carbonyl (C=O) groups is 1. The minimum Gasteiger partial charge on any atom is -0.303 e. The molecule has 1 heteroatoms. The van der Waals surface area contributed by atoms with E-state index >= 15 is 0 Å². The van der Waals surface area contributed by atoms with Gasteiger partial charge in [-0.2, -0.15) is 0 Å². The summed E-state index contributed by atoms with van der Waals surface area (Å²) >= 11 is 0. The molecule has 0 unspecified atom stereocenters. The van der Waals surface area contributed by atoms with Gasteiger partial charge in [0.2, 0.25) is 0 Å². The van der Waals surface area contributed by atoms with Crippen molar-refractivity contribution in [2.45, 2.75) is 26.7 Å². The number of carbonyl (C=O) groups excluding carboxylic acids is 1. The van der Waals surface area contributed by atoms with Gasteiger partial charge in [0.15, 0.2) is 0 Å². The van der Waals surface area contributed by atoms with Gasteiger partial charge in [0.25, 0.3) is 0 Å². The summed E-state index contributed by atoms with van der Waals surface area (Å²) in [5.74, 6) is 0.380. The monoisotopic (exact) mass is 112 g/mol. The molecule has 0 radical (unpaired) electrons. The van der Waals surface area contributed by atoms with E-state index in [4.69, 9.17) is 0 Å². The molecule has 0 saturated heterocycles. The van der Waals surface area contributed by atoms with Gasteiger partial charge in [-0.3, -0.25) is 0 Å². The Kier molecular flexibility index (Phi) is 1.14. The molecule has 0 spiro atoms. The fraction of sp³-hybridized carbons (Fsp3) is 0.857. The zero-order chi connectivity index (χ0) is 6.20. The Hall–Kier alpha value is -0.330. The minimum atomic E-state index is 0.380. The van der Waals surface area contributed by atoms with Crippen molar-refractivity contribution in [1.29, 1.82) is 0 Å². The highest BCUT2D eigenvalue weighted by Crippen LogP contribution is 2.43. The van der Waals surface area contributed by atoms with Crippen molar-refractivity contribution in [3.05, 3.63) is 0 Å². The lowest BCUT2D eigenvalue weighted by atomic mass is 9.65. The zero-order valence-electron chi connectivity index (χ0n) is 5.48. The second kappa shape index (κ2) is 1.57. The highest BCUT2D eigenvalue weighted by atomic mass is 16.1. The van der Waals surface area contributed by atoms with E-state index in [0.717, 1.165) is 19.1 Å². The van der Waals surface area contributed by atoms with Crippen LogP contribution in [0.25, 0.3) is 0 Å². The summed E-state index contributed by atoms with van der Waals surface area (Å²) in [5, 5.41) is 0. The first-order valence-corrected chi connectivity index (χ1v) is 3.09. The van der Waals surface area contributed by atoms with Crippen molar-refractivity contribution in [2.24, 2.45) is 11.3 Å². The average molecular weight is 112 g/mol. The van der Waals surface area contributed by atoms with Crippen LogP contribution in [0.5, 0.6) is 0 Å². The second-order valence-electron chi connectivity index (χ2n) is 3.47. The van der Waals surface area contributed by atoms with Crippen LogP contribution in [0.15, 0.2) is 0 Å². The van der Waals surface area contributed by atoms with E-state index in [2.05, 4.69) is 13.8 Å². The van der Waals surface area contributed by atoms with Crippen molar-refractivity contribution in [3.63, 3.8) is 0 Å². The van der Waals surface area contributed by atoms with E-state index in [-0.39, 0.29) is 0 Å². The maximum atomic E-state index is 10.1. The molecule has 1 fully saturated rings. The molecule has 1 rings (SSSR count). The number of hydrogen-bond acceptors (Lipinski definition) is 1. The minimum absolute atomic E-state index is 0.380. The molecule has 0 aliphatic heterocycles. The lowest BCUT2D eigenvalue weighted by molar-refractivity contribution is -0.116. The molecule has 1 nitrogen and oxygen atoms in total. The third-order valence-electron chi connectivity index (χ3n) is 1.82. The molecule has 0 N–H and O–H groups in total. The van der Waals surface area contributed by atoms with Crippen LogP contribution in [-0.2, 0) is 4.79 Å². The van der Waals surface area contributed by atoms with Crippen LogP contribution < -0.4 is 0 Å². The Bertz CT molecular complexity index is 97.0. The zero-order valence-corrected chi connectivity index (χ0v) is 5.48. The lowest BCUT2D eigenvalue weighted by Gasteiger charge is -2.39. The number of hydrogen-bond donors (Lipinski definition) is 0. The maximum absolute atomic E-state index is 10.1. The molecule has 0 heterocycles. The fourth-order valence-corrected chi connectivity index (χ4v) is 1.46. The van der Waals surface area contributed by atoms with E-state index in [0.29, 0.717) is 11.3 Å². The Morgan fingerprint density at radius 3 is 2.12 bits per heavy atom. The standard InChI is InChI=1S/C7H12O/c1-7(2)3-6(4-7)5-8/h5-6H,3-4H2,1-2H3. The first-order chi connectivity index (χ1) is 3.64. The van der Waals surface area contributed by atoms with Crippen molar-refractivity contribution in [1.82, 2.24) is 0 Å². The van der Waals surface area contributed by atoms with Gasteiger partial charge < -0.3 is 4.79 Å². The molecule has 0 amide bonds. The number of aldehydes is 1. The second-order valence-corrected chi connectivity index (χ2v) is 3.47. The van der Waals surface area contributed by atoms with E-state index in [9.17, 15) is 4.79 Å². The molecule has 8 heavy (non-hydrogen) atoms. The molecule has 0 aromatic heterocycles. The Balaban J connectivity index is 2.31. The highest BCUT2D eigenvalue weighted by molar-refractivity contribution is 5.55. The summed E-state index contributed by atoms with van der Waals surface area (Å²) < 4.78 is 0. The van der Waals surface area contributed by atoms with Crippen LogP contribution in [0.1, 0.15) is 26.7 Å². The Morgan fingerprint density at radius 1 is 1.50 bits per heavy atom. The van der Waals surface area contributed by atoms with Gasteiger partial charge in [0, 0.05) is 5.92 Å². The van der Waals surface area contributed by atoms with E-state index in [1.165, 1.54) is 0 Å². The van der Waals surface area contributed by atoms with Crippen molar-refractivity contribution in [3.8, 4) is 0 Å². The Labute approximate surface area is 50.1 Å². The van der Waals surface area contributed by atoms with Gasteiger partial charge in [-0.1, -0.05) is 13.8 Å².